The summed E-state index contributed by atoms with van der Waals surface area (Å²) in [6, 6.07) is 12.0. The fraction of sp³-hybridized carbons (Fsp3) is 0.300. The summed E-state index contributed by atoms with van der Waals surface area (Å²) in [5.41, 5.74) is 0.0274. The highest BCUT2D eigenvalue weighted by Crippen LogP contribution is 2.30. The van der Waals surface area contributed by atoms with E-state index in [9.17, 15) is 23.1 Å². The van der Waals surface area contributed by atoms with Gasteiger partial charge < -0.3 is 9.84 Å². The number of rotatable bonds is 10. The summed E-state index contributed by atoms with van der Waals surface area (Å²) in [5.74, 6) is 6.24. The van der Waals surface area contributed by atoms with Gasteiger partial charge in [-0.2, -0.15) is 13.2 Å². The molecule has 1 aromatic heterocycles. The van der Waals surface area contributed by atoms with E-state index >= 15 is 0 Å². The zero-order chi connectivity index (χ0) is 28.6. The highest BCUT2D eigenvalue weighted by molar-refractivity contribution is 5.76. The van der Waals surface area contributed by atoms with Gasteiger partial charge in [0.15, 0.2) is 11.4 Å². The lowest BCUT2D eigenvalue weighted by Crippen LogP contribution is -2.37. The van der Waals surface area contributed by atoms with E-state index in [2.05, 4.69) is 28.5 Å². The number of aryl methyl sites for hydroxylation is 2. The number of alkyl halides is 3. The van der Waals surface area contributed by atoms with Crippen molar-refractivity contribution >= 4 is 11.7 Å². The van der Waals surface area contributed by atoms with Crippen molar-refractivity contribution < 1.29 is 27.8 Å². The number of carbonyl (C=O) groups is 1. The molecule has 0 spiro atoms. The predicted molar refractivity (Wildman–Crippen MR) is 144 cm³/mol. The molecule has 3 rings (SSSR count). The number of aromatic nitrogens is 3. The van der Waals surface area contributed by atoms with Crippen molar-refractivity contribution in [3.8, 4) is 29.0 Å². The molecule has 0 amide bonds. The Labute approximate surface area is 225 Å². The Bertz CT molecular complexity index is 1390. The van der Waals surface area contributed by atoms with E-state index in [1.165, 1.54) is 26.0 Å². The van der Waals surface area contributed by atoms with Crippen molar-refractivity contribution in [2.24, 2.45) is 0 Å². The molecular weight excluding hydrogens is 507 g/mol. The van der Waals surface area contributed by atoms with E-state index in [0.717, 1.165) is 17.7 Å². The third-order valence-corrected chi connectivity index (χ3v) is 5.77. The highest BCUT2D eigenvalue weighted by atomic mass is 19.4. The van der Waals surface area contributed by atoms with Crippen molar-refractivity contribution in [1.82, 2.24) is 14.8 Å². The van der Waals surface area contributed by atoms with Crippen LogP contribution in [-0.2, 0) is 23.8 Å². The van der Waals surface area contributed by atoms with Gasteiger partial charge in [-0.25, -0.2) is 14.5 Å². The van der Waals surface area contributed by atoms with Crippen LogP contribution >= 0.6 is 0 Å². The van der Waals surface area contributed by atoms with Crippen molar-refractivity contribution in [1.29, 1.82) is 0 Å². The number of hydrogen-bond donors (Lipinski definition) is 1. The van der Waals surface area contributed by atoms with E-state index in [1.54, 1.807) is 22.9 Å². The number of ether oxygens (including phenoxy) is 1. The van der Waals surface area contributed by atoms with E-state index in [1.807, 2.05) is 25.1 Å². The molecule has 0 aliphatic rings. The number of aliphatic carboxylic acids is 1. The molecule has 0 fully saturated rings. The molecule has 3 aromatic rings. The third kappa shape index (κ3) is 8.08. The van der Waals surface area contributed by atoms with Crippen LogP contribution in [0.1, 0.15) is 50.6 Å². The molecule has 0 aliphatic heterocycles. The minimum Gasteiger partial charge on any atom is -0.478 e. The lowest BCUT2D eigenvalue weighted by Gasteiger charge is -2.21. The number of benzene rings is 2. The molecule has 2 aromatic carbocycles. The van der Waals surface area contributed by atoms with Gasteiger partial charge >= 0.3 is 12.1 Å². The van der Waals surface area contributed by atoms with Crippen LogP contribution in [0.25, 0.3) is 17.1 Å². The largest absolute Gasteiger partial charge is 0.478 e. The summed E-state index contributed by atoms with van der Waals surface area (Å²) in [7, 11) is 0. The van der Waals surface area contributed by atoms with E-state index in [4.69, 9.17) is 4.74 Å². The fourth-order valence-electron chi connectivity index (χ4n) is 3.57. The fourth-order valence-corrected chi connectivity index (χ4v) is 3.57. The predicted octanol–water partition coefficient (Wildman–Crippen LogP) is 6.82. The van der Waals surface area contributed by atoms with Gasteiger partial charge in [0.25, 0.3) is 0 Å². The quantitative estimate of drug-likeness (QED) is 0.287. The van der Waals surface area contributed by atoms with Crippen LogP contribution in [0.15, 0.2) is 67.3 Å². The molecule has 0 atom stereocenters. The minimum atomic E-state index is -4.42. The number of carboxylic acids is 1. The van der Waals surface area contributed by atoms with Gasteiger partial charge in [-0.05, 0) is 69.5 Å². The number of hydrogen-bond acceptors (Lipinski definition) is 4. The van der Waals surface area contributed by atoms with E-state index < -0.39 is 23.3 Å². The van der Waals surface area contributed by atoms with Gasteiger partial charge in [0.05, 0.1) is 12.0 Å². The Kier molecular flexibility index (Phi) is 9.36. The molecule has 0 aliphatic carbocycles. The molecule has 0 bridgehead atoms. The molecule has 204 valence electrons. The summed E-state index contributed by atoms with van der Waals surface area (Å²) >= 11 is 0. The van der Waals surface area contributed by atoms with Crippen LogP contribution < -0.4 is 4.74 Å². The van der Waals surface area contributed by atoms with Gasteiger partial charge in [-0.1, -0.05) is 48.8 Å². The van der Waals surface area contributed by atoms with Gasteiger partial charge in [0.2, 0.25) is 0 Å². The standard InChI is InChI=1S/C30H30F3N3O3/c1-5-6-7-8-10-21(2)36-26(34-27(35-36)23-15-17-24(18-16-23)30(31,32)33)12-9-11-22-13-19-25(20-14-22)39-29(3,4)28(37)38/h5-6,13-20H,2,9-12H2,1,3-4H3,(H,37,38)/b6-5-. The van der Waals surface area contributed by atoms with Crippen LogP contribution in [0.4, 0.5) is 13.2 Å². The third-order valence-electron chi connectivity index (χ3n) is 5.77. The molecule has 0 saturated carbocycles. The topological polar surface area (TPSA) is 77.2 Å². The van der Waals surface area contributed by atoms with Crippen LogP contribution in [-0.4, -0.2) is 31.4 Å². The Hall–Kier alpha value is -4.32. The molecule has 1 heterocycles. The maximum Gasteiger partial charge on any atom is 0.416 e. The highest BCUT2D eigenvalue weighted by Gasteiger charge is 2.30. The zero-order valence-corrected chi connectivity index (χ0v) is 22.0. The summed E-state index contributed by atoms with van der Waals surface area (Å²) in [6.45, 7) is 8.92. The number of halogens is 3. The summed E-state index contributed by atoms with van der Waals surface area (Å²) in [5, 5.41) is 13.8. The lowest BCUT2D eigenvalue weighted by atomic mass is 10.1. The molecular formula is C30H30F3N3O3. The van der Waals surface area contributed by atoms with Crippen LogP contribution in [0.2, 0.25) is 0 Å². The van der Waals surface area contributed by atoms with Crippen LogP contribution in [0.5, 0.6) is 5.75 Å². The summed E-state index contributed by atoms with van der Waals surface area (Å²) in [6.07, 6.45) is 1.43. The number of nitrogens with zero attached hydrogens (tertiary/aromatic N) is 3. The maximum atomic E-state index is 13.0. The molecule has 0 radical (unpaired) electrons. The van der Waals surface area contributed by atoms with E-state index in [-0.39, 0.29) is 0 Å². The first-order valence-corrected chi connectivity index (χ1v) is 12.3. The van der Waals surface area contributed by atoms with Gasteiger partial charge in [0, 0.05) is 17.7 Å². The molecule has 39 heavy (non-hydrogen) atoms. The monoisotopic (exact) mass is 537 g/mol. The lowest BCUT2D eigenvalue weighted by molar-refractivity contribution is -0.152. The number of carboxylic acid groups (broad SMARTS) is 1. The molecule has 0 saturated heterocycles. The van der Waals surface area contributed by atoms with Gasteiger partial charge in [0.1, 0.15) is 11.6 Å². The Morgan fingerprint density at radius 2 is 1.77 bits per heavy atom. The van der Waals surface area contributed by atoms with Gasteiger partial charge in [-0.15, -0.1) is 5.10 Å². The molecule has 6 nitrogen and oxygen atoms in total. The smallest absolute Gasteiger partial charge is 0.416 e. The maximum absolute atomic E-state index is 13.0. The second-order valence-corrected chi connectivity index (χ2v) is 9.32. The Morgan fingerprint density at radius 3 is 2.36 bits per heavy atom. The van der Waals surface area contributed by atoms with Crippen molar-refractivity contribution in [3.63, 3.8) is 0 Å². The van der Waals surface area contributed by atoms with E-state index in [0.29, 0.717) is 54.3 Å². The first-order valence-electron chi connectivity index (χ1n) is 12.3. The molecule has 9 heteroatoms. The minimum absolute atomic E-state index is 0.309. The first-order chi connectivity index (χ1) is 18.4. The average Bonchev–Trinajstić information content (AvgIpc) is 3.31. The van der Waals surface area contributed by atoms with Gasteiger partial charge in [-0.3, -0.25) is 0 Å². The average molecular weight is 538 g/mol. The second-order valence-electron chi connectivity index (χ2n) is 9.32. The Morgan fingerprint density at radius 1 is 1.10 bits per heavy atom. The van der Waals surface area contributed by atoms with Crippen molar-refractivity contribution in [2.45, 2.75) is 58.2 Å². The van der Waals surface area contributed by atoms with Crippen molar-refractivity contribution in [2.75, 3.05) is 0 Å². The number of allylic oxidation sites excluding steroid dienone is 3. The first kappa shape index (κ1) is 29.2. The van der Waals surface area contributed by atoms with Crippen molar-refractivity contribution in [3.05, 3.63) is 84.2 Å². The molecule has 0 unspecified atom stereocenters. The van der Waals surface area contributed by atoms with Crippen LogP contribution in [0.3, 0.4) is 0 Å². The van der Waals surface area contributed by atoms with Crippen LogP contribution in [0, 0.1) is 11.8 Å². The molecule has 1 N–H and O–H groups in total. The zero-order valence-electron chi connectivity index (χ0n) is 22.0. The second kappa shape index (κ2) is 12.5. The summed E-state index contributed by atoms with van der Waals surface area (Å²) < 4.78 is 46.1. The Balaban J connectivity index is 1.75. The summed E-state index contributed by atoms with van der Waals surface area (Å²) in [4.78, 5) is 15.9. The normalized spacial score (nSPS) is 11.7. The SMILES string of the molecule is C=C(CC#C/C=C\C)n1nc(-c2ccc(C(F)(F)F)cc2)nc1CCCc1ccc(OC(C)(C)C(=O)O)cc1.